The van der Waals surface area contributed by atoms with Crippen LogP contribution in [0.4, 0.5) is 0 Å². The van der Waals surface area contributed by atoms with Gasteiger partial charge in [-0.3, -0.25) is 4.79 Å². The van der Waals surface area contributed by atoms with Gasteiger partial charge in [0.05, 0.1) is 24.6 Å². The molecule has 1 N–H and O–H groups in total. The number of hydrogen-bond acceptors (Lipinski definition) is 8. The smallest absolute Gasteiger partial charge is 0.388 e. The van der Waals surface area contributed by atoms with E-state index >= 15 is 0 Å². The SMILES string of the molecule is CCOC(=O)CC(c1ccc(C)c([C@@H](C)N2CC=C(O)OS2(=O)=O)c1)c1ccc2c(nnn2CCCCBr)c1C. The molecule has 0 amide bonds. The summed E-state index contributed by atoms with van der Waals surface area (Å²) < 4.78 is 38.5. The number of carbonyl (C=O) groups is 1. The number of fused-ring (bicyclic) bond motifs is 1. The number of ether oxygens (including phenoxy) is 1. The van der Waals surface area contributed by atoms with Crippen molar-refractivity contribution in [1.29, 1.82) is 0 Å². The number of carbonyl (C=O) groups excluding carboxylic acids is 1. The van der Waals surface area contributed by atoms with Gasteiger partial charge in [-0.1, -0.05) is 45.4 Å². The third-order valence-corrected chi connectivity index (χ3v) is 9.28. The van der Waals surface area contributed by atoms with Gasteiger partial charge in [-0.25, -0.2) is 4.68 Å². The Kier molecular flexibility index (Phi) is 9.52. The fourth-order valence-corrected chi connectivity index (χ4v) is 6.69. The number of halogens is 1. The molecular formula is C28H35BrN4O6S. The van der Waals surface area contributed by atoms with Gasteiger partial charge in [-0.15, -0.1) is 5.10 Å². The third kappa shape index (κ3) is 6.34. The van der Waals surface area contributed by atoms with Crippen molar-refractivity contribution < 1.29 is 27.2 Å². The van der Waals surface area contributed by atoms with Crippen LogP contribution < -0.4 is 0 Å². The van der Waals surface area contributed by atoms with Crippen LogP contribution in [0.15, 0.2) is 42.4 Å². The minimum absolute atomic E-state index is 0.0215. The summed E-state index contributed by atoms with van der Waals surface area (Å²) in [6.45, 7) is 8.46. The number of rotatable bonds is 11. The van der Waals surface area contributed by atoms with E-state index in [4.69, 9.17) is 8.92 Å². The minimum Gasteiger partial charge on any atom is -0.480 e. The van der Waals surface area contributed by atoms with Crippen LogP contribution in [0.5, 0.6) is 0 Å². The maximum atomic E-state index is 12.8. The van der Waals surface area contributed by atoms with E-state index in [1.165, 1.54) is 10.4 Å². The monoisotopic (exact) mass is 634 g/mol. The maximum absolute atomic E-state index is 12.8. The standard InChI is InChI=1S/C28H35BrN4O6S/c1-5-38-27(35)17-24(22-10-11-25-28(19(22)3)30-31-32(25)14-7-6-13-29)21-9-8-18(2)23(16-21)20(4)33-15-12-26(34)39-40(33,36)37/h8-12,16,20,24,34H,5-7,13-15,17H2,1-4H3/t20-,24?/m1/s1. The Bertz CT molecular complexity index is 1520. The molecule has 12 heteroatoms. The van der Waals surface area contributed by atoms with Crippen molar-refractivity contribution in [3.8, 4) is 0 Å². The molecule has 2 aromatic carbocycles. The van der Waals surface area contributed by atoms with Crippen LogP contribution in [0, 0.1) is 13.8 Å². The Morgan fingerprint density at radius 1 is 1.20 bits per heavy atom. The highest BCUT2D eigenvalue weighted by Gasteiger charge is 2.34. The van der Waals surface area contributed by atoms with Crippen molar-refractivity contribution in [2.24, 2.45) is 0 Å². The van der Waals surface area contributed by atoms with E-state index in [-0.39, 0.29) is 31.5 Å². The lowest BCUT2D eigenvalue weighted by Crippen LogP contribution is -2.38. The van der Waals surface area contributed by atoms with E-state index in [1.807, 2.05) is 48.9 Å². The number of aliphatic hydroxyl groups is 1. The molecule has 10 nitrogen and oxygen atoms in total. The lowest BCUT2D eigenvalue weighted by Gasteiger charge is -2.30. The van der Waals surface area contributed by atoms with Crippen LogP contribution >= 0.6 is 15.9 Å². The van der Waals surface area contributed by atoms with Crippen LogP contribution in [-0.4, -0.2) is 57.3 Å². The molecule has 0 saturated heterocycles. The molecule has 1 aliphatic rings. The maximum Gasteiger partial charge on any atom is 0.388 e. The summed E-state index contributed by atoms with van der Waals surface area (Å²) >= 11 is 3.47. The number of aromatic nitrogens is 3. The van der Waals surface area contributed by atoms with Gasteiger partial charge in [-0.05, 0) is 74.4 Å². The Balaban J connectivity index is 1.76. The van der Waals surface area contributed by atoms with Crippen LogP contribution in [0.3, 0.4) is 0 Å². The summed E-state index contributed by atoms with van der Waals surface area (Å²) in [5.74, 6) is -1.31. The first-order valence-electron chi connectivity index (χ1n) is 13.3. The van der Waals surface area contributed by atoms with Crippen molar-refractivity contribution in [3.05, 3.63) is 70.2 Å². The summed E-state index contributed by atoms with van der Waals surface area (Å²) in [4.78, 5) is 12.8. The number of aliphatic hydroxyl groups excluding tert-OH is 1. The largest absolute Gasteiger partial charge is 0.480 e. The van der Waals surface area contributed by atoms with E-state index in [0.29, 0.717) is 0 Å². The van der Waals surface area contributed by atoms with E-state index in [2.05, 4.69) is 26.2 Å². The number of aryl methyl sites for hydroxylation is 3. The minimum atomic E-state index is -4.17. The fraction of sp³-hybridized carbons (Fsp3) is 0.464. The summed E-state index contributed by atoms with van der Waals surface area (Å²) in [7, 11) is -4.17. The molecule has 216 valence electrons. The zero-order chi connectivity index (χ0) is 29.0. The number of hydrogen-bond donors (Lipinski definition) is 1. The highest BCUT2D eigenvalue weighted by atomic mass is 79.9. The molecule has 1 aliphatic heterocycles. The second-order valence-electron chi connectivity index (χ2n) is 9.86. The summed E-state index contributed by atoms with van der Waals surface area (Å²) in [5.41, 5.74) is 6.09. The topological polar surface area (TPSA) is 124 Å². The molecule has 2 heterocycles. The molecule has 2 atom stereocenters. The number of esters is 1. The normalized spacial score (nSPS) is 16.8. The lowest BCUT2D eigenvalue weighted by molar-refractivity contribution is -0.143. The third-order valence-electron chi connectivity index (χ3n) is 7.30. The first-order chi connectivity index (χ1) is 19.1. The quantitative estimate of drug-likeness (QED) is 0.170. The Labute approximate surface area is 243 Å². The molecule has 3 aromatic rings. The molecule has 4 rings (SSSR count). The molecular weight excluding hydrogens is 600 g/mol. The predicted molar refractivity (Wildman–Crippen MR) is 155 cm³/mol. The average molecular weight is 636 g/mol. The van der Waals surface area contributed by atoms with Gasteiger partial charge in [0.1, 0.15) is 5.52 Å². The first kappa shape index (κ1) is 30.0. The van der Waals surface area contributed by atoms with Crippen LogP contribution in [0.1, 0.15) is 72.9 Å². The molecule has 40 heavy (non-hydrogen) atoms. The average Bonchev–Trinajstić information content (AvgIpc) is 3.31. The first-order valence-corrected chi connectivity index (χ1v) is 15.8. The van der Waals surface area contributed by atoms with Crippen molar-refractivity contribution in [3.63, 3.8) is 0 Å². The Hall–Kier alpha value is -2.96. The highest BCUT2D eigenvalue weighted by Crippen LogP contribution is 2.37. The molecule has 1 aromatic heterocycles. The fourth-order valence-electron chi connectivity index (χ4n) is 5.16. The second-order valence-corrected chi connectivity index (χ2v) is 12.1. The highest BCUT2D eigenvalue weighted by molar-refractivity contribution is 9.09. The molecule has 0 bridgehead atoms. The molecule has 0 aliphatic carbocycles. The second kappa shape index (κ2) is 12.7. The van der Waals surface area contributed by atoms with Crippen molar-refractivity contribution in [2.45, 2.75) is 65.5 Å². The van der Waals surface area contributed by atoms with Gasteiger partial charge < -0.3 is 14.0 Å². The van der Waals surface area contributed by atoms with Crippen molar-refractivity contribution >= 4 is 43.2 Å². The van der Waals surface area contributed by atoms with Crippen LogP contribution in [0.25, 0.3) is 11.0 Å². The molecule has 0 saturated carbocycles. The summed E-state index contributed by atoms with van der Waals surface area (Å²) in [5, 5.41) is 19.3. The van der Waals surface area contributed by atoms with Crippen molar-refractivity contribution in [1.82, 2.24) is 19.3 Å². The molecule has 1 unspecified atom stereocenters. The van der Waals surface area contributed by atoms with Gasteiger partial charge in [0.15, 0.2) is 0 Å². The van der Waals surface area contributed by atoms with Gasteiger partial charge in [0.2, 0.25) is 0 Å². The summed E-state index contributed by atoms with van der Waals surface area (Å²) in [6, 6.07) is 9.27. The number of alkyl halides is 1. The lowest BCUT2D eigenvalue weighted by atomic mass is 9.83. The van der Waals surface area contributed by atoms with Gasteiger partial charge in [0.25, 0.3) is 5.95 Å². The zero-order valence-electron chi connectivity index (χ0n) is 23.1. The summed E-state index contributed by atoms with van der Waals surface area (Å²) in [6.07, 6.45) is 3.44. The van der Waals surface area contributed by atoms with Gasteiger partial charge >= 0.3 is 16.3 Å². The Morgan fingerprint density at radius 2 is 1.98 bits per heavy atom. The molecule has 0 radical (unpaired) electrons. The van der Waals surface area contributed by atoms with Crippen LogP contribution in [-0.2, 0) is 30.6 Å². The number of benzene rings is 2. The number of unbranched alkanes of at least 4 members (excludes halogenated alkanes) is 1. The number of nitrogens with zero attached hydrogens (tertiary/aromatic N) is 4. The van der Waals surface area contributed by atoms with E-state index in [1.54, 1.807) is 13.8 Å². The van der Waals surface area contributed by atoms with Gasteiger partial charge in [-0.2, -0.15) is 12.7 Å². The van der Waals surface area contributed by atoms with E-state index in [9.17, 15) is 18.3 Å². The molecule has 0 fully saturated rings. The van der Waals surface area contributed by atoms with Crippen LogP contribution in [0.2, 0.25) is 0 Å². The van der Waals surface area contributed by atoms with Crippen molar-refractivity contribution in [2.75, 3.05) is 18.5 Å². The van der Waals surface area contributed by atoms with E-state index < -0.39 is 22.3 Å². The predicted octanol–water partition coefficient (Wildman–Crippen LogP) is 5.35. The van der Waals surface area contributed by atoms with Gasteiger partial charge in [0, 0.05) is 30.4 Å². The zero-order valence-corrected chi connectivity index (χ0v) is 25.5. The molecule has 0 spiro atoms. The Morgan fingerprint density at radius 3 is 2.67 bits per heavy atom. The van der Waals surface area contributed by atoms with E-state index in [0.717, 1.165) is 63.6 Å².